The molecule has 0 spiro atoms. The number of carbonyl (C=O) groups is 3. The molecule has 2 heterocycles. The molecule has 2 fully saturated rings. The Kier molecular flexibility index (Phi) is 9.53. The molecule has 1 aliphatic heterocycles. The Bertz CT molecular complexity index is 1650. The highest BCUT2D eigenvalue weighted by molar-refractivity contribution is 6.31. The number of nitrogens with zero attached hydrogens (tertiary/aromatic N) is 4. The standard InChI is InChI=1S/C33H29ClF4N4O3/c34-25-7-2-1-6-24(25)30(27(43)10-8-20-12-15-33(37,38)16-13-20)41(23-5-3-4-22(35)18-23)32(45)26-9-11-28(44)42(26)31-29(36)21(19-39)14-17-40-31/h1-7,14,17-18,20,26,30H,8-13,15-16H2/t26-,30-/m0/s1. The van der Waals surface area contributed by atoms with Crippen LogP contribution in [-0.2, 0) is 14.4 Å². The van der Waals surface area contributed by atoms with E-state index in [1.165, 1.54) is 18.2 Å². The van der Waals surface area contributed by atoms with Gasteiger partial charge in [0, 0.05) is 48.2 Å². The van der Waals surface area contributed by atoms with Crippen LogP contribution in [0.4, 0.5) is 29.1 Å². The minimum absolute atomic E-state index is 0.00548. The molecule has 0 bridgehead atoms. The van der Waals surface area contributed by atoms with Gasteiger partial charge in [0.05, 0.1) is 5.56 Å². The molecule has 0 unspecified atom stereocenters. The van der Waals surface area contributed by atoms with Crippen LogP contribution in [0.5, 0.6) is 0 Å². The normalized spacial score (nSPS) is 18.8. The van der Waals surface area contributed by atoms with E-state index in [9.17, 15) is 32.8 Å². The van der Waals surface area contributed by atoms with E-state index in [1.54, 1.807) is 24.3 Å². The summed E-state index contributed by atoms with van der Waals surface area (Å²) < 4.78 is 57.4. The Morgan fingerprint density at radius 2 is 1.82 bits per heavy atom. The van der Waals surface area contributed by atoms with E-state index in [2.05, 4.69) is 4.98 Å². The molecule has 2 aromatic carbocycles. The summed E-state index contributed by atoms with van der Waals surface area (Å²) in [7, 11) is 0. The largest absolute Gasteiger partial charge is 0.297 e. The average molecular weight is 641 g/mol. The third-order valence-electron chi connectivity index (χ3n) is 8.44. The summed E-state index contributed by atoms with van der Waals surface area (Å²) in [6.07, 6.45) is 1.11. The van der Waals surface area contributed by atoms with Crippen molar-refractivity contribution < 1.29 is 31.9 Å². The van der Waals surface area contributed by atoms with Gasteiger partial charge in [0.1, 0.15) is 24.0 Å². The summed E-state index contributed by atoms with van der Waals surface area (Å²) in [5, 5.41) is 9.48. The topological polar surface area (TPSA) is 94.4 Å². The molecule has 7 nitrogen and oxygen atoms in total. The molecule has 2 amide bonds. The number of pyridine rings is 1. The van der Waals surface area contributed by atoms with E-state index in [4.69, 9.17) is 11.6 Å². The first-order valence-corrected chi connectivity index (χ1v) is 15.0. The van der Waals surface area contributed by atoms with Crippen LogP contribution in [0, 0.1) is 28.9 Å². The van der Waals surface area contributed by atoms with Crippen molar-refractivity contribution in [2.45, 2.75) is 69.4 Å². The van der Waals surface area contributed by atoms with Gasteiger partial charge >= 0.3 is 0 Å². The number of nitriles is 1. The van der Waals surface area contributed by atoms with Crippen LogP contribution in [-0.4, -0.2) is 34.5 Å². The number of halogens is 5. The summed E-state index contributed by atoms with van der Waals surface area (Å²) >= 11 is 6.57. The zero-order valence-corrected chi connectivity index (χ0v) is 24.8. The van der Waals surface area contributed by atoms with Crippen LogP contribution in [0.25, 0.3) is 0 Å². The molecule has 2 atom stereocenters. The molecule has 1 saturated heterocycles. The molecule has 1 aromatic heterocycles. The van der Waals surface area contributed by atoms with Crippen molar-refractivity contribution in [3.63, 3.8) is 0 Å². The highest BCUT2D eigenvalue weighted by atomic mass is 35.5. The first-order chi connectivity index (χ1) is 21.5. The fraction of sp³-hybridized carbons (Fsp3) is 0.364. The highest BCUT2D eigenvalue weighted by Gasteiger charge is 2.45. The number of hydrogen-bond donors (Lipinski definition) is 0. The van der Waals surface area contributed by atoms with E-state index in [-0.39, 0.29) is 72.7 Å². The third kappa shape index (κ3) is 6.86. The number of rotatable bonds is 9. The van der Waals surface area contributed by atoms with E-state index < -0.39 is 53.1 Å². The van der Waals surface area contributed by atoms with E-state index >= 15 is 4.39 Å². The second kappa shape index (κ2) is 13.4. The van der Waals surface area contributed by atoms with Crippen molar-refractivity contribution >= 4 is 40.7 Å². The van der Waals surface area contributed by atoms with Crippen LogP contribution < -0.4 is 9.80 Å². The Labute approximate surface area is 262 Å². The van der Waals surface area contributed by atoms with Gasteiger partial charge in [-0.05, 0) is 61.9 Å². The monoisotopic (exact) mass is 640 g/mol. The molecular weight excluding hydrogens is 612 g/mol. The predicted octanol–water partition coefficient (Wildman–Crippen LogP) is 7.33. The molecule has 1 saturated carbocycles. The minimum Gasteiger partial charge on any atom is -0.297 e. The van der Waals surface area contributed by atoms with Crippen LogP contribution in [0.15, 0.2) is 60.8 Å². The van der Waals surface area contributed by atoms with Gasteiger partial charge in [-0.3, -0.25) is 24.2 Å². The fourth-order valence-corrected chi connectivity index (χ4v) is 6.32. The van der Waals surface area contributed by atoms with Crippen molar-refractivity contribution in [1.82, 2.24) is 4.98 Å². The second-order valence-electron chi connectivity index (χ2n) is 11.3. The number of Topliss-reactive ketones (excluding diaryl/α,β-unsaturated/α-hetero) is 1. The second-order valence-corrected chi connectivity index (χ2v) is 11.7. The lowest BCUT2D eigenvalue weighted by molar-refractivity contribution is -0.126. The molecular formula is C33H29ClF4N4O3. The Morgan fingerprint density at radius 1 is 1.09 bits per heavy atom. The quantitative estimate of drug-likeness (QED) is 0.228. The maximum absolute atomic E-state index is 15.3. The van der Waals surface area contributed by atoms with Crippen LogP contribution >= 0.6 is 11.6 Å². The zero-order valence-electron chi connectivity index (χ0n) is 24.1. The molecule has 5 rings (SSSR count). The highest BCUT2D eigenvalue weighted by Crippen LogP contribution is 2.40. The lowest BCUT2D eigenvalue weighted by atomic mass is 9.82. The maximum Gasteiger partial charge on any atom is 0.251 e. The summed E-state index contributed by atoms with van der Waals surface area (Å²) in [5.74, 6) is -7.05. The molecule has 0 N–H and O–H groups in total. The number of anilines is 2. The van der Waals surface area contributed by atoms with Crippen molar-refractivity contribution in [3.05, 3.63) is 88.6 Å². The van der Waals surface area contributed by atoms with Crippen LogP contribution in [0.2, 0.25) is 5.02 Å². The van der Waals surface area contributed by atoms with Crippen molar-refractivity contribution in [2.24, 2.45) is 5.92 Å². The smallest absolute Gasteiger partial charge is 0.251 e. The first-order valence-electron chi connectivity index (χ1n) is 14.6. The van der Waals surface area contributed by atoms with Gasteiger partial charge in [0.15, 0.2) is 17.4 Å². The fourth-order valence-electron chi connectivity index (χ4n) is 6.09. The molecule has 3 aromatic rings. The molecule has 12 heteroatoms. The molecule has 1 aliphatic carbocycles. The van der Waals surface area contributed by atoms with Gasteiger partial charge in [-0.25, -0.2) is 22.5 Å². The van der Waals surface area contributed by atoms with Gasteiger partial charge in [-0.1, -0.05) is 35.9 Å². The van der Waals surface area contributed by atoms with Gasteiger partial charge in [0.25, 0.3) is 5.91 Å². The number of alkyl halides is 2. The predicted molar refractivity (Wildman–Crippen MR) is 159 cm³/mol. The van der Waals surface area contributed by atoms with E-state index in [0.717, 1.165) is 34.2 Å². The molecule has 0 radical (unpaired) electrons. The van der Waals surface area contributed by atoms with E-state index in [0.29, 0.717) is 6.42 Å². The van der Waals surface area contributed by atoms with Gasteiger partial charge in [-0.15, -0.1) is 0 Å². The Morgan fingerprint density at radius 3 is 2.51 bits per heavy atom. The minimum atomic E-state index is -2.73. The molecule has 45 heavy (non-hydrogen) atoms. The lowest BCUT2D eigenvalue weighted by Gasteiger charge is -2.36. The Balaban J connectivity index is 1.56. The van der Waals surface area contributed by atoms with Gasteiger partial charge in [0.2, 0.25) is 11.8 Å². The number of carbonyl (C=O) groups excluding carboxylic acids is 3. The molecule has 2 aliphatic rings. The summed E-state index contributed by atoms with van der Waals surface area (Å²) in [5.41, 5.74) is -0.143. The first kappa shape index (κ1) is 32.1. The van der Waals surface area contributed by atoms with Crippen molar-refractivity contribution in [1.29, 1.82) is 5.26 Å². The number of aromatic nitrogens is 1. The van der Waals surface area contributed by atoms with Gasteiger partial charge in [-0.2, -0.15) is 5.26 Å². The SMILES string of the molecule is N#Cc1ccnc(N2C(=O)CC[C@H]2C(=O)N(c2cccc(F)c2)[C@H](C(=O)CCC2CCC(F)(F)CC2)c2ccccc2Cl)c1F. The lowest BCUT2D eigenvalue weighted by Crippen LogP contribution is -2.50. The number of hydrogen-bond acceptors (Lipinski definition) is 5. The summed E-state index contributed by atoms with van der Waals surface area (Å²) in [4.78, 5) is 47.7. The zero-order chi connectivity index (χ0) is 32.3. The summed E-state index contributed by atoms with van der Waals surface area (Å²) in [6.45, 7) is 0. The van der Waals surface area contributed by atoms with Crippen LogP contribution in [0.3, 0.4) is 0 Å². The number of amides is 2. The van der Waals surface area contributed by atoms with Crippen LogP contribution in [0.1, 0.15) is 68.5 Å². The average Bonchev–Trinajstić information content (AvgIpc) is 3.40. The molecule has 234 valence electrons. The van der Waals surface area contributed by atoms with Gasteiger partial charge < -0.3 is 0 Å². The number of ketones is 1. The maximum atomic E-state index is 15.3. The Hall–Kier alpha value is -4.30. The van der Waals surface area contributed by atoms with E-state index in [1.807, 2.05) is 0 Å². The van der Waals surface area contributed by atoms with Crippen molar-refractivity contribution in [2.75, 3.05) is 9.80 Å². The van der Waals surface area contributed by atoms with Crippen molar-refractivity contribution in [3.8, 4) is 6.07 Å². The number of benzene rings is 2. The summed E-state index contributed by atoms with van der Waals surface area (Å²) in [6, 6.07) is 11.4. The third-order valence-corrected chi connectivity index (χ3v) is 8.78.